The van der Waals surface area contributed by atoms with E-state index in [-0.39, 0.29) is 11.7 Å². The van der Waals surface area contributed by atoms with E-state index in [9.17, 15) is 9.18 Å². The number of carbonyl (C=O) groups is 1. The maximum absolute atomic E-state index is 13.0. The Morgan fingerprint density at radius 2 is 1.70 bits per heavy atom. The Kier molecular flexibility index (Phi) is 6.61. The van der Waals surface area contributed by atoms with E-state index in [2.05, 4.69) is 0 Å². The first-order valence-corrected chi connectivity index (χ1v) is 10.2. The third-order valence-corrected chi connectivity index (χ3v) is 5.40. The highest BCUT2D eigenvalue weighted by Crippen LogP contribution is 2.34. The van der Waals surface area contributed by atoms with Gasteiger partial charge in [0, 0.05) is 18.0 Å². The highest BCUT2D eigenvalue weighted by molar-refractivity contribution is 8.00. The Morgan fingerprint density at radius 3 is 2.33 bits per heavy atom. The number of carbonyl (C=O) groups excluding carboxylic acids is 1. The number of benzene rings is 2. The Hall–Kier alpha value is -2.21. The summed E-state index contributed by atoms with van der Waals surface area (Å²) in [5, 5.41) is 0. The van der Waals surface area contributed by atoms with Crippen molar-refractivity contribution in [1.82, 2.24) is 4.90 Å². The predicted octanol–water partition coefficient (Wildman–Crippen LogP) is 4.30. The Bertz CT molecular complexity index is 795. The Balaban J connectivity index is 1.66. The van der Waals surface area contributed by atoms with Gasteiger partial charge in [0.25, 0.3) is 0 Å². The second-order valence-electron chi connectivity index (χ2n) is 6.24. The largest absolute Gasteiger partial charge is 0.490 e. The van der Waals surface area contributed by atoms with E-state index in [1.54, 1.807) is 12.1 Å². The third kappa shape index (κ3) is 4.95. The summed E-state index contributed by atoms with van der Waals surface area (Å²) in [6, 6.07) is 10.3. The highest BCUT2D eigenvalue weighted by Gasteiger charge is 2.23. The van der Waals surface area contributed by atoms with Crippen LogP contribution in [0.5, 0.6) is 11.5 Å². The van der Waals surface area contributed by atoms with Gasteiger partial charge in [0.2, 0.25) is 5.91 Å². The summed E-state index contributed by atoms with van der Waals surface area (Å²) in [6.07, 6.45) is 0.800. The van der Waals surface area contributed by atoms with Gasteiger partial charge in [-0.2, -0.15) is 0 Å². The van der Waals surface area contributed by atoms with E-state index in [1.165, 1.54) is 29.5 Å². The van der Waals surface area contributed by atoms with Crippen molar-refractivity contribution in [3.8, 4) is 11.5 Å². The van der Waals surface area contributed by atoms with Gasteiger partial charge in [0.05, 0.1) is 19.0 Å². The first kappa shape index (κ1) is 19.5. The molecule has 3 rings (SSSR count). The molecule has 0 atom stereocenters. The maximum Gasteiger partial charge on any atom is 0.233 e. The molecule has 1 aliphatic rings. The van der Waals surface area contributed by atoms with Crippen molar-refractivity contribution in [2.24, 2.45) is 0 Å². The molecule has 0 saturated heterocycles. The lowest BCUT2D eigenvalue weighted by Crippen LogP contribution is -2.37. The van der Waals surface area contributed by atoms with E-state index in [4.69, 9.17) is 9.47 Å². The number of thioether (sulfide) groups is 1. The van der Waals surface area contributed by atoms with Crippen molar-refractivity contribution in [2.45, 2.75) is 31.7 Å². The fraction of sp³-hybridized carbons (Fsp3) is 0.381. The summed E-state index contributed by atoms with van der Waals surface area (Å²) in [6.45, 7) is 6.31. The molecule has 0 unspecified atom stereocenters. The molecule has 0 N–H and O–H groups in total. The van der Waals surface area contributed by atoms with Crippen LogP contribution in [0, 0.1) is 5.82 Å². The van der Waals surface area contributed by atoms with Gasteiger partial charge in [-0.3, -0.25) is 4.79 Å². The van der Waals surface area contributed by atoms with E-state index in [0.29, 0.717) is 32.1 Å². The molecule has 0 aliphatic carbocycles. The quantitative estimate of drug-likeness (QED) is 0.662. The standard InChI is InChI=1S/C21H24FNO3S/c1-3-25-19-11-15-9-10-23(13-16(15)12-20(19)26-4-2)21(24)14-27-18-7-5-17(22)6-8-18/h5-8,11-12H,3-4,9-10,13-14H2,1-2H3. The molecule has 1 heterocycles. The second kappa shape index (κ2) is 9.13. The number of nitrogens with zero attached hydrogens (tertiary/aromatic N) is 1. The van der Waals surface area contributed by atoms with Crippen LogP contribution in [-0.4, -0.2) is 36.3 Å². The zero-order chi connectivity index (χ0) is 19.2. The van der Waals surface area contributed by atoms with Crippen molar-refractivity contribution in [3.05, 3.63) is 53.3 Å². The van der Waals surface area contributed by atoms with Crippen LogP contribution < -0.4 is 9.47 Å². The molecule has 27 heavy (non-hydrogen) atoms. The molecule has 0 spiro atoms. The molecule has 0 aromatic heterocycles. The van der Waals surface area contributed by atoms with Gasteiger partial charge < -0.3 is 14.4 Å². The average molecular weight is 389 g/mol. The lowest BCUT2D eigenvalue weighted by molar-refractivity contribution is -0.129. The minimum Gasteiger partial charge on any atom is -0.490 e. The van der Waals surface area contributed by atoms with Crippen LogP contribution >= 0.6 is 11.8 Å². The number of halogens is 1. The van der Waals surface area contributed by atoms with Crippen LogP contribution in [0.25, 0.3) is 0 Å². The molecule has 0 fully saturated rings. The lowest BCUT2D eigenvalue weighted by atomic mass is 9.99. The van der Waals surface area contributed by atoms with Gasteiger partial charge >= 0.3 is 0 Å². The molecule has 0 bridgehead atoms. The first-order valence-electron chi connectivity index (χ1n) is 9.18. The number of fused-ring (bicyclic) bond motifs is 1. The van der Waals surface area contributed by atoms with Crippen LogP contribution in [-0.2, 0) is 17.8 Å². The van der Waals surface area contributed by atoms with Crippen LogP contribution in [0.3, 0.4) is 0 Å². The van der Waals surface area contributed by atoms with Gasteiger partial charge in [-0.15, -0.1) is 11.8 Å². The zero-order valence-electron chi connectivity index (χ0n) is 15.7. The fourth-order valence-corrected chi connectivity index (χ4v) is 3.88. The summed E-state index contributed by atoms with van der Waals surface area (Å²) in [4.78, 5) is 15.4. The van der Waals surface area contributed by atoms with E-state index in [1.807, 2.05) is 30.9 Å². The average Bonchev–Trinajstić information content (AvgIpc) is 2.68. The number of hydrogen-bond donors (Lipinski definition) is 0. The summed E-state index contributed by atoms with van der Waals surface area (Å²) in [5.74, 6) is 1.66. The zero-order valence-corrected chi connectivity index (χ0v) is 16.5. The molecule has 1 amide bonds. The molecule has 2 aromatic carbocycles. The summed E-state index contributed by atoms with van der Waals surface area (Å²) in [5.41, 5.74) is 2.31. The van der Waals surface area contributed by atoms with Crippen molar-refractivity contribution >= 4 is 17.7 Å². The monoisotopic (exact) mass is 389 g/mol. The molecule has 4 nitrogen and oxygen atoms in total. The van der Waals surface area contributed by atoms with Crippen LogP contribution in [0.1, 0.15) is 25.0 Å². The number of rotatable bonds is 7. The smallest absolute Gasteiger partial charge is 0.233 e. The number of amides is 1. The number of hydrogen-bond acceptors (Lipinski definition) is 4. The maximum atomic E-state index is 13.0. The fourth-order valence-electron chi connectivity index (χ4n) is 3.08. The van der Waals surface area contributed by atoms with Crippen LogP contribution in [0.2, 0.25) is 0 Å². The van der Waals surface area contributed by atoms with Crippen molar-refractivity contribution < 1.29 is 18.7 Å². The van der Waals surface area contributed by atoms with E-state index in [0.717, 1.165) is 28.4 Å². The third-order valence-electron chi connectivity index (χ3n) is 4.41. The molecule has 2 aromatic rings. The normalized spacial score (nSPS) is 13.2. The van der Waals surface area contributed by atoms with Crippen molar-refractivity contribution in [1.29, 1.82) is 0 Å². The topological polar surface area (TPSA) is 38.8 Å². The molecule has 6 heteroatoms. The summed E-state index contributed by atoms with van der Waals surface area (Å²) >= 11 is 1.43. The Labute approximate surface area is 163 Å². The summed E-state index contributed by atoms with van der Waals surface area (Å²) < 4.78 is 24.4. The highest BCUT2D eigenvalue weighted by atomic mass is 32.2. The Morgan fingerprint density at radius 1 is 1.07 bits per heavy atom. The molecular formula is C21H24FNO3S. The minimum absolute atomic E-state index is 0.0850. The van der Waals surface area contributed by atoms with Gasteiger partial charge in [0.15, 0.2) is 11.5 Å². The predicted molar refractivity (Wildman–Crippen MR) is 105 cm³/mol. The van der Waals surface area contributed by atoms with Crippen molar-refractivity contribution in [2.75, 3.05) is 25.5 Å². The van der Waals surface area contributed by atoms with Gasteiger partial charge in [0.1, 0.15) is 5.82 Å². The summed E-state index contributed by atoms with van der Waals surface area (Å²) in [7, 11) is 0. The molecule has 0 saturated carbocycles. The minimum atomic E-state index is -0.269. The first-order chi connectivity index (χ1) is 13.1. The van der Waals surface area contributed by atoms with Crippen LogP contribution in [0.15, 0.2) is 41.3 Å². The SMILES string of the molecule is CCOc1cc2c(cc1OCC)CN(C(=O)CSc1ccc(F)cc1)CC2. The molecule has 1 aliphatic heterocycles. The molecular weight excluding hydrogens is 365 g/mol. The van der Waals surface area contributed by atoms with Gasteiger partial charge in [-0.1, -0.05) is 0 Å². The van der Waals surface area contributed by atoms with Crippen molar-refractivity contribution in [3.63, 3.8) is 0 Å². The number of ether oxygens (including phenoxy) is 2. The molecule has 144 valence electrons. The van der Waals surface area contributed by atoms with E-state index >= 15 is 0 Å². The van der Waals surface area contributed by atoms with Gasteiger partial charge in [-0.05, 0) is 67.8 Å². The van der Waals surface area contributed by atoms with E-state index < -0.39 is 0 Å². The lowest BCUT2D eigenvalue weighted by Gasteiger charge is -2.30. The second-order valence-corrected chi connectivity index (χ2v) is 7.29. The van der Waals surface area contributed by atoms with Crippen LogP contribution in [0.4, 0.5) is 4.39 Å². The molecule has 0 radical (unpaired) electrons. The van der Waals surface area contributed by atoms with Gasteiger partial charge in [-0.25, -0.2) is 4.39 Å².